The third-order valence-electron chi connectivity index (χ3n) is 3.62. The van der Waals surface area contributed by atoms with Crippen molar-refractivity contribution in [2.75, 3.05) is 6.61 Å². The lowest BCUT2D eigenvalue weighted by atomic mass is 10.1. The first-order valence-corrected chi connectivity index (χ1v) is 7.57. The summed E-state index contributed by atoms with van der Waals surface area (Å²) in [4.78, 5) is 11.8. The Bertz CT molecular complexity index is 850. The van der Waals surface area contributed by atoms with Gasteiger partial charge in [0.2, 0.25) is 0 Å². The van der Waals surface area contributed by atoms with Gasteiger partial charge in [-0.25, -0.2) is 0 Å². The molecule has 0 unspecified atom stereocenters. The van der Waals surface area contributed by atoms with E-state index in [0.717, 1.165) is 11.1 Å². The van der Waals surface area contributed by atoms with E-state index in [4.69, 9.17) is 4.74 Å². The third kappa shape index (κ3) is 3.34. The van der Waals surface area contributed by atoms with Gasteiger partial charge in [-0.05, 0) is 12.5 Å². The van der Waals surface area contributed by atoms with E-state index in [1.807, 2.05) is 36.0 Å². The number of aromatic nitrogens is 3. The van der Waals surface area contributed by atoms with Crippen molar-refractivity contribution in [3.63, 3.8) is 0 Å². The lowest BCUT2D eigenvalue weighted by Crippen LogP contribution is -2.15. The predicted octanol–water partition coefficient (Wildman–Crippen LogP) is 2.70. The van der Waals surface area contributed by atoms with Gasteiger partial charge in [-0.3, -0.25) is 9.48 Å². The molecule has 5 heteroatoms. The highest BCUT2D eigenvalue weighted by Gasteiger charge is 2.11. The molecule has 1 aromatic carbocycles. The van der Waals surface area contributed by atoms with E-state index in [2.05, 4.69) is 17.2 Å². The second kappa shape index (κ2) is 6.52. The highest BCUT2D eigenvalue weighted by molar-refractivity contribution is 5.68. The SMILES string of the molecule is CCOc1cc(=O)n(C)cc1-c1cnn(Cc2ccccc2)c1. The molecule has 3 aromatic rings. The molecule has 0 radical (unpaired) electrons. The van der Waals surface area contributed by atoms with Gasteiger partial charge in [-0.15, -0.1) is 0 Å². The van der Waals surface area contributed by atoms with Gasteiger partial charge in [0.25, 0.3) is 5.56 Å². The molecule has 0 aliphatic heterocycles. The van der Waals surface area contributed by atoms with Crippen molar-refractivity contribution in [2.45, 2.75) is 13.5 Å². The zero-order valence-electron chi connectivity index (χ0n) is 13.3. The zero-order chi connectivity index (χ0) is 16.2. The van der Waals surface area contributed by atoms with Crippen molar-refractivity contribution < 1.29 is 4.74 Å². The molecule has 0 N–H and O–H groups in total. The van der Waals surface area contributed by atoms with Crippen LogP contribution in [0.25, 0.3) is 11.1 Å². The Balaban J connectivity index is 1.94. The van der Waals surface area contributed by atoms with Crippen LogP contribution in [-0.2, 0) is 13.6 Å². The zero-order valence-corrected chi connectivity index (χ0v) is 13.3. The fraction of sp³-hybridized carbons (Fsp3) is 0.222. The van der Waals surface area contributed by atoms with Crippen LogP contribution in [0.15, 0.2) is 59.8 Å². The standard InChI is InChI=1S/C18H19N3O2/c1-3-23-17-9-18(22)20(2)13-16(17)15-10-19-21(12-15)11-14-7-5-4-6-8-14/h4-10,12-13H,3,11H2,1-2H3. The molecule has 0 amide bonds. The molecule has 118 valence electrons. The lowest BCUT2D eigenvalue weighted by molar-refractivity contribution is 0.340. The molecule has 0 saturated carbocycles. The van der Waals surface area contributed by atoms with Crippen LogP contribution < -0.4 is 10.3 Å². The minimum absolute atomic E-state index is 0.0890. The third-order valence-corrected chi connectivity index (χ3v) is 3.62. The maximum Gasteiger partial charge on any atom is 0.254 e. The van der Waals surface area contributed by atoms with Crippen LogP contribution in [0.4, 0.5) is 0 Å². The van der Waals surface area contributed by atoms with Crippen molar-refractivity contribution in [2.24, 2.45) is 7.05 Å². The number of benzene rings is 1. The monoisotopic (exact) mass is 309 g/mol. The maximum atomic E-state index is 11.8. The molecule has 0 spiro atoms. The van der Waals surface area contributed by atoms with E-state index in [1.54, 1.807) is 24.0 Å². The quantitative estimate of drug-likeness (QED) is 0.728. The molecule has 0 fully saturated rings. The smallest absolute Gasteiger partial charge is 0.254 e. The number of ether oxygens (including phenoxy) is 1. The Kier molecular flexibility index (Phi) is 4.28. The van der Waals surface area contributed by atoms with Gasteiger partial charge in [-0.2, -0.15) is 5.10 Å². The first-order chi connectivity index (χ1) is 11.2. The number of rotatable bonds is 5. The minimum Gasteiger partial charge on any atom is -0.493 e. The first kappa shape index (κ1) is 15.1. The van der Waals surface area contributed by atoms with Crippen LogP contribution >= 0.6 is 0 Å². The molecule has 0 atom stereocenters. The van der Waals surface area contributed by atoms with Crippen molar-refractivity contribution in [1.29, 1.82) is 0 Å². The van der Waals surface area contributed by atoms with E-state index in [1.165, 1.54) is 11.6 Å². The van der Waals surface area contributed by atoms with E-state index < -0.39 is 0 Å². The maximum absolute atomic E-state index is 11.8. The van der Waals surface area contributed by atoms with Gasteiger partial charge < -0.3 is 9.30 Å². The van der Waals surface area contributed by atoms with Gasteiger partial charge in [0.05, 0.1) is 19.3 Å². The molecular weight excluding hydrogens is 290 g/mol. The van der Waals surface area contributed by atoms with E-state index >= 15 is 0 Å². The predicted molar refractivity (Wildman–Crippen MR) is 89.6 cm³/mol. The van der Waals surface area contributed by atoms with Crippen molar-refractivity contribution >= 4 is 0 Å². The van der Waals surface area contributed by atoms with Gasteiger partial charge in [0.15, 0.2) is 0 Å². The molecule has 2 heterocycles. The molecular formula is C18H19N3O2. The van der Waals surface area contributed by atoms with E-state index in [0.29, 0.717) is 18.9 Å². The molecule has 3 rings (SSSR count). The summed E-state index contributed by atoms with van der Waals surface area (Å²) in [5, 5.41) is 4.41. The molecule has 5 nitrogen and oxygen atoms in total. The number of pyridine rings is 1. The van der Waals surface area contributed by atoms with Gasteiger partial charge in [-0.1, -0.05) is 30.3 Å². The van der Waals surface area contributed by atoms with Gasteiger partial charge >= 0.3 is 0 Å². The summed E-state index contributed by atoms with van der Waals surface area (Å²) in [6.45, 7) is 3.12. The molecule has 0 aliphatic rings. The summed E-state index contributed by atoms with van der Waals surface area (Å²) in [5.74, 6) is 0.592. The van der Waals surface area contributed by atoms with Crippen molar-refractivity contribution in [3.05, 3.63) is 70.9 Å². The summed E-state index contributed by atoms with van der Waals surface area (Å²) < 4.78 is 9.03. The average molecular weight is 309 g/mol. The lowest BCUT2D eigenvalue weighted by Gasteiger charge is -2.10. The summed E-state index contributed by atoms with van der Waals surface area (Å²) in [5.41, 5.74) is 2.90. The molecule has 2 aromatic heterocycles. The second-order valence-corrected chi connectivity index (χ2v) is 5.35. The Morgan fingerprint density at radius 2 is 1.96 bits per heavy atom. The van der Waals surface area contributed by atoms with Gasteiger partial charge in [0.1, 0.15) is 5.75 Å². The van der Waals surface area contributed by atoms with E-state index in [9.17, 15) is 4.79 Å². The Morgan fingerprint density at radius 1 is 1.17 bits per heavy atom. The summed E-state index contributed by atoms with van der Waals surface area (Å²) in [7, 11) is 1.73. The molecule has 0 aliphatic carbocycles. The fourth-order valence-electron chi connectivity index (χ4n) is 2.46. The summed E-state index contributed by atoms with van der Waals surface area (Å²) in [6, 6.07) is 11.7. The van der Waals surface area contributed by atoms with Crippen LogP contribution in [0.2, 0.25) is 0 Å². The van der Waals surface area contributed by atoms with E-state index in [-0.39, 0.29) is 5.56 Å². The highest BCUT2D eigenvalue weighted by atomic mass is 16.5. The first-order valence-electron chi connectivity index (χ1n) is 7.57. The van der Waals surface area contributed by atoms with Crippen LogP contribution in [0, 0.1) is 0 Å². The Morgan fingerprint density at radius 3 is 2.70 bits per heavy atom. The number of nitrogens with zero attached hydrogens (tertiary/aromatic N) is 3. The Hall–Kier alpha value is -2.82. The minimum atomic E-state index is -0.0890. The van der Waals surface area contributed by atoms with Crippen LogP contribution in [-0.4, -0.2) is 21.0 Å². The van der Waals surface area contributed by atoms with Crippen LogP contribution in [0.1, 0.15) is 12.5 Å². The number of hydrogen-bond donors (Lipinski definition) is 0. The topological polar surface area (TPSA) is 49.1 Å². The molecule has 23 heavy (non-hydrogen) atoms. The largest absolute Gasteiger partial charge is 0.493 e. The average Bonchev–Trinajstić information content (AvgIpc) is 3.00. The van der Waals surface area contributed by atoms with Gasteiger partial charge in [0, 0.05) is 36.6 Å². The molecule has 0 bridgehead atoms. The highest BCUT2D eigenvalue weighted by Crippen LogP contribution is 2.28. The summed E-state index contributed by atoms with van der Waals surface area (Å²) >= 11 is 0. The van der Waals surface area contributed by atoms with Crippen LogP contribution in [0.3, 0.4) is 0 Å². The normalized spacial score (nSPS) is 10.7. The summed E-state index contributed by atoms with van der Waals surface area (Å²) in [6.07, 6.45) is 5.55. The Labute approximate surface area is 134 Å². The van der Waals surface area contributed by atoms with Crippen LogP contribution in [0.5, 0.6) is 5.75 Å². The van der Waals surface area contributed by atoms with Crippen molar-refractivity contribution in [1.82, 2.24) is 14.3 Å². The number of hydrogen-bond acceptors (Lipinski definition) is 3. The molecule has 0 saturated heterocycles. The fourth-order valence-corrected chi connectivity index (χ4v) is 2.46. The second-order valence-electron chi connectivity index (χ2n) is 5.35. The van der Waals surface area contributed by atoms with Crippen molar-refractivity contribution in [3.8, 4) is 16.9 Å². The number of aryl methyl sites for hydroxylation is 1.